The molecule has 0 aliphatic heterocycles. The molecule has 0 saturated carbocycles. The lowest BCUT2D eigenvalue weighted by atomic mass is 10.1. The molecular formula is C13H10ClFN2O. The van der Waals surface area contributed by atoms with Crippen molar-refractivity contribution in [1.82, 2.24) is 4.98 Å². The van der Waals surface area contributed by atoms with Gasteiger partial charge in [-0.3, -0.25) is 4.79 Å². The molecule has 0 spiro atoms. The number of hydrogen-bond donors (Lipinski definition) is 1. The highest BCUT2D eigenvalue weighted by Crippen LogP contribution is 2.19. The van der Waals surface area contributed by atoms with Gasteiger partial charge in [-0.25, -0.2) is 4.98 Å². The molecule has 0 radical (unpaired) electrons. The summed E-state index contributed by atoms with van der Waals surface area (Å²) in [7, 11) is 0. The van der Waals surface area contributed by atoms with Crippen molar-refractivity contribution in [3.05, 3.63) is 58.5 Å². The maximum absolute atomic E-state index is 12.9. The molecule has 0 bridgehead atoms. The van der Waals surface area contributed by atoms with E-state index in [0.717, 1.165) is 0 Å². The molecule has 18 heavy (non-hydrogen) atoms. The van der Waals surface area contributed by atoms with E-state index in [4.69, 9.17) is 11.6 Å². The Morgan fingerprint density at radius 1 is 1.28 bits per heavy atom. The summed E-state index contributed by atoms with van der Waals surface area (Å²) < 4.78 is 12.9. The Bertz CT molecular complexity index is 601. The van der Waals surface area contributed by atoms with Crippen LogP contribution >= 0.6 is 11.6 Å². The van der Waals surface area contributed by atoms with Crippen LogP contribution in [-0.2, 0) is 0 Å². The molecule has 5 heteroatoms. The van der Waals surface area contributed by atoms with E-state index in [1.807, 2.05) is 0 Å². The fraction of sp³-hybridized carbons (Fsp3) is 0.0769. The van der Waals surface area contributed by atoms with Gasteiger partial charge in [-0.15, -0.1) is 0 Å². The predicted octanol–water partition coefficient (Wildman–Crippen LogP) is 3.43. The van der Waals surface area contributed by atoms with Gasteiger partial charge in [0.05, 0.1) is 0 Å². The molecule has 0 atom stereocenters. The second-order valence-corrected chi connectivity index (χ2v) is 4.12. The quantitative estimate of drug-likeness (QED) is 0.845. The van der Waals surface area contributed by atoms with Crippen molar-refractivity contribution in [1.29, 1.82) is 0 Å². The molecule has 0 saturated heterocycles. The Morgan fingerprint density at radius 2 is 2.00 bits per heavy atom. The van der Waals surface area contributed by atoms with Crippen molar-refractivity contribution < 1.29 is 9.18 Å². The number of rotatable bonds is 2. The Morgan fingerprint density at radius 3 is 2.72 bits per heavy atom. The molecule has 92 valence electrons. The van der Waals surface area contributed by atoms with Crippen LogP contribution in [0, 0.1) is 12.9 Å². The molecule has 1 aromatic heterocycles. The minimum absolute atomic E-state index is 0.166. The highest BCUT2D eigenvalue weighted by atomic mass is 35.5. The van der Waals surface area contributed by atoms with E-state index in [-0.39, 0.29) is 11.7 Å². The highest BCUT2D eigenvalue weighted by molar-refractivity contribution is 6.32. The summed E-state index contributed by atoms with van der Waals surface area (Å²) in [5.41, 5.74) is 1.11. The number of nitrogens with one attached hydrogen (secondary N) is 1. The molecule has 1 heterocycles. The number of pyridine rings is 1. The van der Waals surface area contributed by atoms with Crippen molar-refractivity contribution >= 4 is 23.3 Å². The molecule has 1 amide bonds. The van der Waals surface area contributed by atoms with Crippen LogP contribution in [0.1, 0.15) is 15.9 Å². The topological polar surface area (TPSA) is 42.0 Å². The maximum atomic E-state index is 12.9. The van der Waals surface area contributed by atoms with Gasteiger partial charge in [-0.05, 0) is 36.8 Å². The zero-order chi connectivity index (χ0) is 13.1. The van der Waals surface area contributed by atoms with Gasteiger partial charge in [0.15, 0.2) is 0 Å². The van der Waals surface area contributed by atoms with Gasteiger partial charge in [0, 0.05) is 10.6 Å². The Labute approximate surface area is 109 Å². The molecule has 0 unspecified atom stereocenters. The first-order valence-corrected chi connectivity index (χ1v) is 5.65. The van der Waals surface area contributed by atoms with E-state index in [1.165, 1.54) is 18.2 Å². The Kier molecular flexibility index (Phi) is 3.58. The van der Waals surface area contributed by atoms with Gasteiger partial charge in [0.1, 0.15) is 5.82 Å². The lowest BCUT2D eigenvalue weighted by molar-refractivity contribution is 0.102. The standard InChI is InChI=1S/C13H10ClFN2O/c1-8-9(4-2-5-10(8)14)13(18)17-12-7-3-6-11(15)16-12/h2-7H,1H3,(H,16,17,18). The number of halogens is 2. The highest BCUT2D eigenvalue weighted by Gasteiger charge is 2.11. The van der Waals surface area contributed by atoms with Gasteiger partial charge in [0.2, 0.25) is 5.95 Å². The fourth-order valence-electron chi connectivity index (χ4n) is 1.51. The summed E-state index contributed by atoms with van der Waals surface area (Å²) in [4.78, 5) is 15.5. The number of carbonyl (C=O) groups excluding carboxylic acids is 1. The number of anilines is 1. The van der Waals surface area contributed by atoms with Crippen LogP contribution in [0.3, 0.4) is 0 Å². The SMILES string of the molecule is Cc1c(Cl)cccc1C(=O)Nc1cccc(F)n1. The minimum atomic E-state index is -0.643. The molecule has 1 aromatic carbocycles. The summed E-state index contributed by atoms with van der Waals surface area (Å²) in [6.45, 7) is 1.75. The van der Waals surface area contributed by atoms with Gasteiger partial charge < -0.3 is 5.32 Å². The van der Waals surface area contributed by atoms with Crippen molar-refractivity contribution in [3.8, 4) is 0 Å². The third kappa shape index (κ3) is 2.65. The lowest BCUT2D eigenvalue weighted by Crippen LogP contribution is -2.14. The van der Waals surface area contributed by atoms with Crippen molar-refractivity contribution in [2.24, 2.45) is 0 Å². The molecule has 2 aromatic rings. The zero-order valence-corrected chi connectivity index (χ0v) is 10.3. The van der Waals surface area contributed by atoms with Gasteiger partial charge >= 0.3 is 0 Å². The molecule has 1 N–H and O–H groups in total. The van der Waals surface area contributed by atoms with E-state index < -0.39 is 5.95 Å². The summed E-state index contributed by atoms with van der Waals surface area (Å²) in [5, 5.41) is 3.03. The summed E-state index contributed by atoms with van der Waals surface area (Å²) in [6, 6.07) is 9.23. The number of nitrogens with zero attached hydrogens (tertiary/aromatic N) is 1. The molecule has 3 nitrogen and oxygen atoms in total. The third-order valence-electron chi connectivity index (χ3n) is 2.47. The van der Waals surface area contributed by atoms with Crippen LogP contribution in [0.15, 0.2) is 36.4 Å². The Hall–Kier alpha value is -1.94. The molecule has 0 aliphatic rings. The largest absolute Gasteiger partial charge is 0.306 e. The predicted molar refractivity (Wildman–Crippen MR) is 68.3 cm³/mol. The van der Waals surface area contributed by atoms with Crippen LogP contribution in [-0.4, -0.2) is 10.9 Å². The number of amides is 1. The third-order valence-corrected chi connectivity index (χ3v) is 2.88. The van der Waals surface area contributed by atoms with E-state index in [9.17, 15) is 9.18 Å². The second kappa shape index (κ2) is 5.14. The van der Waals surface area contributed by atoms with E-state index in [2.05, 4.69) is 10.3 Å². The first kappa shape index (κ1) is 12.5. The lowest BCUT2D eigenvalue weighted by Gasteiger charge is -2.07. The van der Waals surface area contributed by atoms with Crippen LogP contribution in [0.25, 0.3) is 0 Å². The van der Waals surface area contributed by atoms with E-state index in [1.54, 1.807) is 25.1 Å². The smallest absolute Gasteiger partial charge is 0.257 e. The van der Waals surface area contributed by atoms with Crippen molar-refractivity contribution in [2.75, 3.05) is 5.32 Å². The second-order valence-electron chi connectivity index (χ2n) is 3.71. The molecule has 0 aliphatic carbocycles. The van der Waals surface area contributed by atoms with Gasteiger partial charge in [0.25, 0.3) is 5.91 Å². The summed E-state index contributed by atoms with van der Waals surface area (Å²) in [5.74, 6) is -0.844. The van der Waals surface area contributed by atoms with Crippen LogP contribution in [0.4, 0.5) is 10.2 Å². The number of aromatic nitrogens is 1. The minimum Gasteiger partial charge on any atom is -0.306 e. The zero-order valence-electron chi connectivity index (χ0n) is 9.58. The Balaban J connectivity index is 2.25. The average Bonchev–Trinajstić information content (AvgIpc) is 2.32. The number of benzene rings is 1. The molecular weight excluding hydrogens is 255 g/mol. The first-order valence-electron chi connectivity index (χ1n) is 5.27. The number of carbonyl (C=O) groups is 1. The molecule has 2 rings (SSSR count). The fourth-order valence-corrected chi connectivity index (χ4v) is 1.69. The van der Waals surface area contributed by atoms with Crippen molar-refractivity contribution in [2.45, 2.75) is 6.92 Å². The normalized spacial score (nSPS) is 10.2. The monoisotopic (exact) mass is 264 g/mol. The molecule has 0 fully saturated rings. The summed E-state index contributed by atoms with van der Waals surface area (Å²) >= 11 is 5.93. The maximum Gasteiger partial charge on any atom is 0.257 e. The van der Waals surface area contributed by atoms with Crippen LogP contribution in [0.2, 0.25) is 5.02 Å². The first-order chi connectivity index (χ1) is 8.58. The summed E-state index contributed by atoms with van der Waals surface area (Å²) in [6.07, 6.45) is 0. The number of hydrogen-bond acceptors (Lipinski definition) is 2. The van der Waals surface area contributed by atoms with Crippen LogP contribution in [0.5, 0.6) is 0 Å². The average molecular weight is 265 g/mol. The van der Waals surface area contributed by atoms with Crippen molar-refractivity contribution in [3.63, 3.8) is 0 Å². The van der Waals surface area contributed by atoms with Crippen LogP contribution < -0.4 is 5.32 Å². The van der Waals surface area contributed by atoms with Gasteiger partial charge in [-0.1, -0.05) is 23.7 Å². The van der Waals surface area contributed by atoms with E-state index >= 15 is 0 Å². The van der Waals surface area contributed by atoms with E-state index in [0.29, 0.717) is 16.1 Å². The van der Waals surface area contributed by atoms with Gasteiger partial charge in [-0.2, -0.15) is 4.39 Å².